The predicted octanol–water partition coefficient (Wildman–Crippen LogP) is 8.59. The van der Waals surface area contributed by atoms with Crippen LogP contribution in [0, 0.1) is 41.5 Å². The first-order chi connectivity index (χ1) is 12.9. The van der Waals surface area contributed by atoms with Gasteiger partial charge in [0.15, 0.2) is 0 Å². The van der Waals surface area contributed by atoms with E-state index < -0.39 is 0 Å². The van der Waals surface area contributed by atoms with Gasteiger partial charge < -0.3 is 4.42 Å². The summed E-state index contributed by atoms with van der Waals surface area (Å²) in [7, 11) is 0. The number of pyridine rings is 1. The number of aryl methyl sites for hydroxylation is 6. The molecule has 2 nitrogen and oxygen atoms in total. The van der Waals surface area contributed by atoms with Gasteiger partial charge in [0.2, 0.25) is 0 Å². The van der Waals surface area contributed by atoms with Gasteiger partial charge in [-0.15, -0.1) is 0 Å². The second-order valence-electron chi connectivity index (χ2n) is 5.74. The van der Waals surface area contributed by atoms with E-state index in [9.17, 15) is 0 Å². The maximum atomic E-state index is 5.08. The number of furan rings is 1. The average molecular weight is 386 g/mol. The molecule has 0 bridgehead atoms. The van der Waals surface area contributed by atoms with Crippen LogP contribution in [0.15, 0.2) is 59.0 Å². The Morgan fingerprint density at radius 3 is 1.11 bits per heavy atom. The minimum absolute atomic E-state index is 0. The largest absolute Gasteiger partial charge is 0.467 e. The molecule has 0 saturated carbocycles. The fraction of sp³-hybridized carbons (Fsp3) is 0.423. The molecule has 0 aliphatic heterocycles. The van der Waals surface area contributed by atoms with Crippen LogP contribution in [-0.4, -0.2) is 4.98 Å². The zero-order chi connectivity index (χ0) is 21.2. The third-order valence-corrected chi connectivity index (χ3v) is 3.08. The van der Waals surface area contributed by atoms with Crippen LogP contribution in [-0.2, 0) is 0 Å². The van der Waals surface area contributed by atoms with E-state index in [1.807, 2.05) is 85.7 Å². The molecule has 2 aromatic heterocycles. The summed E-state index contributed by atoms with van der Waals surface area (Å²) in [5.41, 5.74) is 4.85. The minimum atomic E-state index is 0. The maximum Gasteiger partial charge on any atom is 0.101 e. The topological polar surface area (TPSA) is 26.0 Å². The lowest BCUT2D eigenvalue weighted by Gasteiger charge is -1.90. The van der Waals surface area contributed by atoms with E-state index in [1.165, 1.54) is 11.1 Å². The fourth-order valence-corrected chi connectivity index (χ4v) is 2.04. The minimum Gasteiger partial charge on any atom is -0.467 e. The SMILES string of the molecule is C.CC.CC.Cc1ccc(C)o1.Cc1cccc(C)c1.Cc1cccc(C)n1. The molecule has 0 radical (unpaired) electrons. The van der Waals surface area contributed by atoms with E-state index in [1.54, 1.807) is 0 Å². The van der Waals surface area contributed by atoms with E-state index in [-0.39, 0.29) is 7.43 Å². The molecule has 0 aliphatic rings. The highest BCUT2D eigenvalue weighted by molar-refractivity contribution is 5.20. The normalized spacial score (nSPS) is 8.07. The van der Waals surface area contributed by atoms with Gasteiger partial charge in [0, 0.05) is 11.4 Å². The molecule has 0 atom stereocenters. The highest BCUT2D eigenvalue weighted by Gasteiger charge is 1.85. The molecule has 0 unspecified atom stereocenters. The first kappa shape index (κ1) is 30.4. The molecule has 2 heteroatoms. The second kappa shape index (κ2) is 19.4. The molecule has 0 amide bonds. The highest BCUT2D eigenvalue weighted by Crippen LogP contribution is 2.02. The Labute approximate surface area is 175 Å². The van der Waals surface area contributed by atoms with Crippen molar-refractivity contribution in [1.82, 2.24) is 4.98 Å². The highest BCUT2D eigenvalue weighted by atomic mass is 16.3. The number of nitrogens with zero attached hydrogens (tertiary/aromatic N) is 1. The van der Waals surface area contributed by atoms with Gasteiger partial charge in [-0.3, -0.25) is 4.98 Å². The van der Waals surface area contributed by atoms with Crippen LogP contribution >= 0.6 is 0 Å². The molecule has 3 aromatic rings. The quantitative estimate of drug-likeness (QED) is 0.387. The summed E-state index contributed by atoms with van der Waals surface area (Å²) in [6.45, 7) is 20.1. The zero-order valence-electron chi connectivity index (χ0n) is 19.1. The Morgan fingerprint density at radius 2 is 0.929 bits per heavy atom. The van der Waals surface area contributed by atoms with E-state index in [0.717, 1.165) is 22.9 Å². The fourth-order valence-electron chi connectivity index (χ4n) is 2.04. The van der Waals surface area contributed by atoms with Gasteiger partial charge in [-0.1, -0.05) is 76.6 Å². The summed E-state index contributed by atoms with van der Waals surface area (Å²) in [6.07, 6.45) is 0. The molecule has 3 rings (SSSR count). The summed E-state index contributed by atoms with van der Waals surface area (Å²) in [4.78, 5) is 4.17. The molecule has 0 saturated heterocycles. The van der Waals surface area contributed by atoms with Crippen molar-refractivity contribution in [1.29, 1.82) is 0 Å². The van der Waals surface area contributed by atoms with Gasteiger partial charge in [-0.05, 0) is 65.8 Å². The molecule has 2 heterocycles. The Balaban J connectivity index is -0.000000303. The summed E-state index contributed by atoms with van der Waals surface area (Å²) in [5.74, 6) is 1.97. The van der Waals surface area contributed by atoms with Crippen LogP contribution < -0.4 is 0 Å². The first-order valence-electron chi connectivity index (χ1n) is 9.83. The summed E-state index contributed by atoms with van der Waals surface area (Å²) in [6, 6.07) is 18.4. The molecule has 28 heavy (non-hydrogen) atoms. The van der Waals surface area contributed by atoms with Crippen molar-refractivity contribution in [2.75, 3.05) is 0 Å². The summed E-state index contributed by atoms with van der Waals surface area (Å²) < 4.78 is 5.08. The standard InChI is InChI=1S/C8H10.C7H9N.C6H8O.2C2H6.CH4/c1-7-4-3-5-8(2)6-7;1-6-4-3-5-7(2)8-6;1-5-3-4-6(2)7-5;2*1-2;/h3-6H,1-2H3;3-5H,1-2H3;3-4H,1-2H3;2*1-2H3;1H4. The van der Waals surface area contributed by atoms with Crippen LogP contribution in [0.2, 0.25) is 0 Å². The van der Waals surface area contributed by atoms with Gasteiger partial charge in [0.25, 0.3) is 0 Å². The van der Waals surface area contributed by atoms with Crippen LogP contribution in [0.4, 0.5) is 0 Å². The average Bonchev–Trinajstić information content (AvgIpc) is 3.02. The lowest BCUT2D eigenvalue weighted by Crippen LogP contribution is -1.81. The van der Waals surface area contributed by atoms with Crippen molar-refractivity contribution < 1.29 is 4.42 Å². The van der Waals surface area contributed by atoms with Crippen LogP contribution in [0.3, 0.4) is 0 Å². The summed E-state index contributed by atoms with van der Waals surface area (Å²) in [5, 5.41) is 0. The number of hydrogen-bond donors (Lipinski definition) is 0. The molecular formula is C26H43NO. The second-order valence-corrected chi connectivity index (χ2v) is 5.74. The third kappa shape index (κ3) is 17.1. The molecule has 158 valence electrons. The Bertz CT molecular complexity index is 619. The molecule has 0 spiro atoms. The Morgan fingerprint density at radius 1 is 0.571 bits per heavy atom. The maximum absolute atomic E-state index is 5.08. The molecule has 0 N–H and O–H groups in total. The number of benzene rings is 1. The monoisotopic (exact) mass is 385 g/mol. The van der Waals surface area contributed by atoms with Gasteiger partial charge >= 0.3 is 0 Å². The lowest BCUT2D eigenvalue weighted by atomic mass is 10.2. The van der Waals surface area contributed by atoms with Crippen molar-refractivity contribution in [3.63, 3.8) is 0 Å². The first-order valence-corrected chi connectivity index (χ1v) is 9.83. The van der Waals surface area contributed by atoms with Gasteiger partial charge in [0.1, 0.15) is 11.5 Å². The Hall–Kier alpha value is -2.35. The van der Waals surface area contributed by atoms with Gasteiger partial charge in [-0.2, -0.15) is 0 Å². The van der Waals surface area contributed by atoms with E-state index in [0.29, 0.717) is 0 Å². The molecule has 0 aliphatic carbocycles. The zero-order valence-corrected chi connectivity index (χ0v) is 19.1. The lowest BCUT2D eigenvalue weighted by molar-refractivity contribution is 0.504. The molecular weight excluding hydrogens is 342 g/mol. The van der Waals surface area contributed by atoms with Gasteiger partial charge in [-0.25, -0.2) is 0 Å². The molecule has 1 aromatic carbocycles. The van der Waals surface area contributed by atoms with E-state index in [2.05, 4.69) is 43.1 Å². The van der Waals surface area contributed by atoms with Crippen LogP contribution in [0.1, 0.15) is 69.2 Å². The third-order valence-electron chi connectivity index (χ3n) is 3.08. The number of aromatic nitrogens is 1. The van der Waals surface area contributed by atoms with Crippen molar-refractivity contribution in [3.8, 4) is 0 Å². The molecule has 0 fully saturated rings. The Kier molecular flexibility index (Phi) is 21.1. The van der Waals surface area contributed by atoms with Crippen molar-refractivity contribution in [2.45, 2.75) is 76.7 Å². The van der Waals surface area contributed by atoms with Crippen LogP contribution in [0.5, 0.6) is 0 Å². The van der Waals surface area contributed by atoms with Crippen molar-refractivity contribution in [2.24, 2.45) is 0 Å². The number of rotatable bonds is 0. The van der Waals surface area contributed by atoms with Crippen LogP contribution in [0.25, 0.3) is 0 Å². The predicted molar refractivity (Wildman–Crippen MR) is 127 cm³/mol. The summed E-state index contributed by atoms with van der Waals surface area (Å²) >= 11 is 0. The van der Waals surface area contributed by atoms with Gasteiger partial charge in [0.05, 0.1) is 0 Å². The van der Waals surface area contributed by atoms with Crippen molar-refractivity contribution in [3.05, 3.63) is 88.6 Å². The number of hydrogen-bond acceptors (Lipinski definition) is 2. The van der Waals surface area contributed by atoms with E-state index in [4.69, 9.17) is 4.42 Å². The smallest absolute Gasteiger partial charge is 0.101 e. The van der Waals surface area contributed by atoms with Crippen molar-refractivity contribution >= 4 is 0 Å². The van der Waals surface area contributed by atoms with E-state index >= 15 is 0 Å².